The molecule has 1 aliphatic carbocycles. The lowest BCUT2D eigenvalue weighted by atomic mass is 9.90. The van der Waals surface area contributed by atoms with Gasteiger partial charge in [-0.2, -0.15) is 0 Å². The fourth-order valence-electron chi connectivity index (χ4n) is 3.63. The minimum atomic E-state index is -1.17. The van der Waals surface area contributed by atoms with Crippen molar-refractivity contribution in [3.8, 4) is 11.1 Å². The number of aliphatic hydroxyl groups is 1. The van der Waals surface area contributed by atoms with Crippen molar-refractivity contribution < 1.29 is 19.4 Å². The summed E-state index contributed by atoms with van der Waals surface area (Å²) in [5, 5.41) is 19.8. The predicted octanol–water partition coefficient (Wildman–Crippen LogP) is 5.38. The van der Waals surface area contributed by atoms with Gasteiger partial charge in [0.25, 0.3) is 0 Å². The second kappa shape index (κ2) is 7.43. The van der Waals surface area contributed by atoms with Crippen molar-refractivity contribution in [2.45, 2.75) is 31.6 Å². The van der Waals surface area contributed by atoms with Crippen LogP contribution in [0.25, 0.3) is 22.0 Å². The van der Waals surface area contributed by atoms with Gasteiger partial charge in [-0.05, 0) is 54.2 Å². The van der Waals surface area contributed by atoms with Crippen LogP contribution in [0.1, 0.15) is 36.4 Å². The summed E-state index contributed by atoms with van der Waals surface area (Å²) in [4.78, 5) is 15.7. The first-order chi connectivity index (χ1) is 13.5. The van der Waals surface area contributed by atoms with Crippen LogP contribution in [0.5, 0.6) is 0 Å². The summed E-state index contributed by atoms with van der Waals surface area (Å²) in [5.41, 5.74) is 4.76. The van der Waals surface area contributed by atoms with Gasteiger partial charge in [0.2, 0.25) is 0 Å². The van der Waals surface area contributed by atoms with E-state index in [0.29, 0.717) is 12.3 Å². The Morgan fingerprint density at radius 1 is 1.11 bits per heavy atom. The van der Waals surface area contributed by atoms with E-state index < -0.39 is 5.97 Å². The number of carboxylic acids is 1. The molecule has 1 aliphatic rings. The minimum Gasteiger partial charge on any atom is -0.512 e. The van der Waals surface area contributed by atoms with Crippen molar-refractivity contribution >= 4 is 16.9 Å². The lowest BCUT2D eigenvalue weighted by molar-refractivity contribution is -0.131. The summed E-state index contributed by atoms with van der Waals surface area (Å²) in [5.74, 6) is -1.26. The number of benzene rings is 2. The van der Waals surface area contributed by atoms with Crippen LogP contribution >= 0.6 is 0 Å². The van der Waals surface area contributed by atoms with E-state index >= 15 is 0 Å². The normalized spacial score (nSPS) is 14.4. The minimum absolute atomic E-state index is 0.174. The third-order valence-electron chi connectivity index (χ3n) is 5.04. The number of para-hydroxylation sites is 1. The summed E-state index contributed by atoms with van der Waals surface area (Å²) in [6.45, 7) is 0. The van der Waals surface area contributed by atoms with E-state index in [0.717, 1.165) is 52.2 Å². The van der Waals surface area contributed by atoms with E-state index in [1.54, 1.807) is 12.1 Å². The number of aliphatic hydroxyl groups excluding tert-OH is 1. The molecule has 0 atom stereocenters. The molecule has 1 aromatic heterocycles. The van der Waals surface area contributed by atoms with Gasteiger partial charge in [-0.25, -0.2) is 9.18 Å². The molecule has 0 amide bonds. The number of nitrogens with zero attached hydrogens (tertiary/aromatic N) is 1. The molecule has 5 heteroatoms. The maximum absolute atomic E-state index is 13.5. The number of pyridine rings is 1. The molecule has 0 aliphatic heterocycles. The van der Waals surface area contributed by atoms with Crippen molar-refractivity contribution in [3.05, 3.63) is 77.4 Å². The van der Waals surface area contributed by atoms with Gasteiger partial charge >= 0.3 is 5.97 Å². The number of fused-ring (bicyclic) bond motifs is 1. The van der Waals surface area contributed by atoms with Gasteiger partial charge in [-0.15, -0.1) is 0 Å². The first-order valence-corrected chi connectivity index (χ1v) is 9.33. The highest BCUT2D eigenvalue weighted by Crippen LogP contribution is 2.45. The van der Waals surface area contributed by atoms with Crippen molar-refractivity contribution in [2.75, 3.05) is 0 Å². The van der Waals surface area contributed by atoms with E-state index in [1.807, 2.05) is 24.3 Å². The number of aliphatic carboxylic acids is 1. The van der Waals surface area contributed by atoms with Crippen LogP contribution in [0.15, 0.2) is 60.4 Å². The van der Waals surface area contributed by atoms with E-state index in [-0.39, 0.29) is 18.0 Å². The maximum Gasteiger partial charge on any atom is 0.331 e. The number of rotatable bonds is 6. The molecular weight excluding hydrogens is 357 g/mol. The molecule has 1 heterocycles. The number of aromatic nitrogens is 1. The standard InChI is InChI=1S/C23H20FNO3/c24-16-9-7-14(8-10-16)22-18-3-1-2-4-20(18)25-23(15-5-6-15)19(22)12-11-17(26)13-21(27)28/h1-4,7-10,13,15,26H,5-6,11-12H2,(H,27,28)/b17-13-. The Morgan fingerprint density at radius 2 is 1.82 bits per heavy atom. The third-order valence-corrected chi connectivity index (χ3v) is 5.04. The largest absolute Gasteiger partial charge is 0.512 e. The first-order valence-electron chi connectivity index (χ1n) is 9.33. The van der Waals surface area contributed by atoms with Crippen LogP contribution < -0.4 is 0 Å². The quantitative estimate of drug-likeness (QED) is 0.447. The van der Waals surface area contributed by atoms with Crippen LogP contribution in [0.4, 0.5) is 4.39 Å². The number of halogens is 1. The summed E-state index contributed by atoms with van der Waals surface area (Å²) in [6.07, 6.45) is 3.63. The zero-order valence-electron chi connectivity index (χ0n) is 15.2. The number of carboxylic acid groups (broad SMARTS) is 1. The fourth-order valence-corrected chi connectivity index (χ4v) is 3.63. The monoisotopic (exact) mass is 377 g/mol. The maximum atomic E-state index is 13.5. The molecule has 2 N–H and O–H groups in total. The molecular formula is C23H20FNO3. The molecule has 4 nitrogen and oxygen atoms in total. The second-order valence-electron chi connectivity index (χ2n) is 7.12. The predicted molar refractivity (Wildman–Crippen MR) is 106 cm³/mol. The molecule has 2 aromatic carbocycles. The molecule has 0 spiro atoms. The zero-order chi connectivity index (χ0) is 19.7. The smallest absolute Gasteiger partial charge is 0.331 e. The van der Waals surface area contributed by atoms with Gasteiger partial charge < -0.3 is 10.2 Å². The zero-order valence-corrected chi connectivity index (χ0v) is 15.2. The second-order valence-corrected chi connectivity index (χ2v) is 7.12. The average molecular weight is 377 g/mol. The van der Waals surface area contributed by atoms with Crippen LogP contribution in [0.2, 0.25) is 0 Å². The molecule has 0 saturated heterocycles. The number of hydrogen-bond acceptors (Lipinski definition) is 3. The Morgan fingerprint density at radius 3 is 2.50 bits per heavy atom. The van der Waals surface area contributed by atoms with Gasteiger partial charge in [0.05, 0.1) is 17.4 Å². The SMILES string of the molecule is O=C(O)/C=C(\O)CCc1c(C2CC2)nc2ccccc2c1-c1ccc(F)cc1. The molecule has 0 unspecified atom stereocenters. The first kappa shape index (κ1) is 18.2. The summed E-state index contributed by atoms with van der Waals surface area (Å²) >= 11 is 0. The fraction of sp³-hybridized carbons (Fsp3) is 0.217. The van der Waals surface area contributed by atoms with Crippen molar-refractivity contribution in [3.63, 3.8) is 0 Å². The number of hydrogen-bond donors (Lipinski definition) is 2. The number of allylic oxidation sites excluding steroid dienone is 1. The Hall–Kier alpha value is -3.21. The molecule has 0 bridgehead atoms. The summed E-state index contributed by atoms with van der Waals surface area (Å²) in [7, 11) is 0. The van der Waals surface area contributed by atoms with Crippen molar-refractivity contribution in [1.29, 1.82) is 0 Å². The van der Waals surface area contributed by atoms with Crippen LogP contribution in [0.3, 0.4) is 0 Å². The average Bonchev–Trinajstić information content (AvgIpc) is 3.51. The molecule has 4 rings (SSSR count). The van der Waals surface area contributed by atoms with E-state index in [9.17, 15) is 14.3 Å². The van der Waals surface area contributed by atoms with Gasteiger partial charge in [0, 0.05) is 23.4 Å². The van der Waals surface area contributed by atoms with Gasteiger partial charge in [-0.1, -0.05) is 30.3 Å². The Balaban J connectivity index is 1.89. The summed E-state index contributed by atoms with van der Waals surface area (Å²) < 4.78 is 13.5. The lowest BCUT2D eigenvalue weighted by Crippen LogP contribution is -2.03. The highest BCUT2D eigenvalue weighted by atomic mass is 19.1. The van der Waals surface area contributed by atoms with E-state index in [1.165, 1.54) is 12.1 Å². The number of carbonyl (C=O) groups is 1. The molecule has 1 fully saturated rings. The molecule has 0 radical (unpaired) electrons. The highest BCUT2D eigenvalue weighted by molar-refractivity contribution is 5.96. The van der Waals surface area contributed by atoms with Crippen LogP contribution in [-0.2, 0) is 11.2 Å². The molecule has 3 aromatic rings. The van der Waals surface area contributed by atoms with Crippen LogP contribution in [0, 0.1) is 5.82 Å². The van der Waals surface area contributed by atoms with Gasteiger partial charge in [-0.3, -0.25) is 4.98 Å². The summed E-state index contributed by atoms with van der Waals surface area (Å²) in [6, 6.07) is 14.2. The van der Waals surface area contributed by atoms with Crippen LogP contribution in [-0.4, -0.2) is 21.2 Å². The lowest BCUT2D eigenvalue weighted by Gasteiger charge is -2.18. The van der Waals surface area contributed by atoms with Gasteiger partial charge in [0.15, 0.2) is 0 Å². The Bertz CT molecular complexity index is 1070. The van der Waals surface area contributed by atoms with E-state index in [4.69, 9.17) is 10.1 Å². The Kier molecular flexibility index (Phi) is 4.82. The van der Waals surface area contributed by atoms with Crippen molar-refractivity contribution in [2.24, 2.45) is 0 Å². The highest BCUT2D eigenvalue weighted by Gasteiger charge is 2.30. The molecule has 142 valence electrons. The molecule has 28 heavy (non-hydrogen) atoms. The molecule has 1 saturated carbocycles. The van der Waals surface area contributed by atoms with Crippen molar-refractivity contribution in [1.82, 2.24) is 4.98 Å². The topological polar surface area (TPSA) is 70.4 Å². The Labute approximate surface area is 162 Å². The third kappa shape index (κ3) is 3.74. The van der Waals surface area contributed by atoms with E-state index in [2.05, 4.69) is 0 Å². The van der Waals surface area contributed by atoms with Gasteiger partial charge in [0.1, 0.15) is 5.82 Å².